The normalized spacial score (nSPS) is 13.1. The van der Waals surface area contributed by atoms with Crippen LogP contribution in [0.25, 0.3) is 0 Å². The molecule has 2 heterocycles. The van der Waals surface area contributed by atoms with Gasteiger partial charge in [-0.3, -0.25) is 4.90 Å². The summed E-state index contributed by atoms with van der Waals surface area (Å²) in [5, 5.41) is 0. The summed E-state index contributed by atoms with van der Waals surface area (Å²) in [6.45, 7) is 0.581. The van der Waals surface area contributed by atoms with Crippen molar-refractivity contribution in [2.45, 2.75) is 19.5 Å². The van der Waals surface area contributed by atoms with Crippen LogP contribution in [-0.2, 0) is 19.5 Å². The van der Waals surface area contributed by atoms with E-state index in [4.69, 9.17) is 4.42 Å². The molecule has 2 amide bonds. The van der Waals surface area contributed by atoms with Crippen molar-refractivity contribution in [2.24, 2.45) is 0 Å². The van der Waals surface area contributed by atoms with E-state index in [-0.39, 0.29) is 30.1 Å². The van der Waals surface area contributed by atoms with Crippen molar-refractivity contribution in [3.8, 4) is 11.8 Å². The van der Waals surface area contributed by atoms with Gasteiger partial charge in [0.25, 0.3) is 5.89 Å². The highest BCUT2D eigenvalue weighted by Gasteiger charge is 2.32. The van der Waals surface area contributed by atoms with E-state index in [0.717, 1.165) is 11.1 Å². The second-order valence-corrected chi connectivity index (χ2v) is 6.69. The average molecular weight is 393 g/mol. The summed E-state index contributed by atoms with van der Waals surface area (Å²) < 4.78 is 31.8. The molecule has 5 nitrogen and oxygen atoms in total. The van der Waals surface area contributed by atoms with Crippen LogP contribution in [0.3, 0.4) is 0 Å². The minimum Gasteiger partial charge on any atom is -0.431 e. The first-order chi connectivity index (χ1) is 14.0. The molecule has 1 aliphatic heterocycles. The van der Waals surface area contributed by atoms with Crippen molar-refractivity contribution >= 4 is 11.8 Å². The van der Waals surface area contributed by atoms with Gasteiger partial charge in [0, 0.05) is 20.0 Å². The van der Waals surface area contributed by atoms with Gasteiger partial charge in [0.1, 0.15) is 11.6 Å². The van der Waals surface area contributed by atoms with Crippen LogP contribution in [0.2, 0.25) is 0 Å². The molecule has 7 heteroatoms. The molecule has 0 spiro atoms. The van der Waals surface area contributed by atoms with E-state index in [9.17, 15) is 13.6 Å². The second-order valence-electron chi connectivity index (χ2n) is 6.69. The van der Waals surface area contributed by atoms with E-state index >= 15 is 0 Å². The quantitative estimate of drug-likeness (QED) is 0.629. The van der Waals surface area contributed by atoms with Gasteiger partial charge < -0.3 is 9.32 Å². The zero-order chi connectivity index (χ0) is 20.4. The molecule has 3 aromatic rings. The average Bonchev–Trinajstić information content (AvgIpc) is 3.12. The Morgan fingerprint density at radius 3 is 2.31 bits per heavy atom. The van der Waals surface area contributed by atoms with Crippen molar-refractivity contribution in [1.82, 2.24) is 9.88 Å². The molecule has 1 aromatic heterocycles. The number of aromatic nitrogens is 1. The third-order valence-corrected chi connectivity index (χ3v) is 4.57. The number of carbonyl (C=O) groups excluding carboxylic acids is 1. The maximum atomic E-state index is 13.1. The molecule has 0 saturated carbocycles. The van der Waals surface area contributed by atoms with E-state index in [2.05, 4.69) is 16.8 Å². The summed E-state index contributed by atoms with van der Waals surface area (Å²) in [6, 6.07) is 11.9. The minimum absolute atomic E-state index is 0.221. The number of rotatable bonds is 3. The monoisotopic (exact) mass is 393 g/mol. The first-order valence-corrected chi connectivity index (χ1v) is 8.99. The van der Waals surface area contributed by atoms with Crippen LogP contribution in [0.5, 0.6) is 0 Å². The van der Waals surface area contributed by atoms with Crippen molar-refractivity contribution in [1.29, 1.82) is 0 Å². The molecular weight excluding hydrogens is 376 g/mol. The van der Waals surface area contributed by atoms with Gasteiger partial charge in [-0.15, -0.1) is 0 Å². The number of oxazole rings is 1. The van der Waals surface area contributed by atoms with E-state index in [1.165, 1.54) is 29.2 Å². The van der Waals surface area contributed by atoms with Crippen LogP contribution in [0.1, 0.15) is 22.8 Å². The zero-order valence-electron chi connectivity index (χ0n) is 15.7. The van der Waals surface area contributed by atoms with Crippen LogP contribution < -0.4 is 4.90 Å². The van der Waals surface area contributed by atoms with Crippen molar-refractivity contribution in [3.63, 3.8) is 0 Å². The number of hydrogen-bond donors (Lipinski definition) is 0. The van der Waals surface area contributed by atoms with Gasteiger partial charge in [0.05, 0.1) is 6.54 Å². The maximum Gasteiger partial charge on any atom is 0.326 e. The number of benzene rings is 2. The van der Waals surface area contributed by atoms with Crippen LogP contribution in [0, 0.1) is 23.5 Å². The number of hydrogen-bond acceptors (Lipinski definition) is 3. The van der Waals surface area contributed by atoms with Crippen LogP contribution in [0.4, 0.5) is 19.4 Å². The van der Waals surface area contributed by atoms with Crippen molar-refractivity contribution < 1.29 is 18.0 Å². The van der Waals surface area contributed by atoms with Crippen molar-refractivity contribution in [3.05, 3.63) is 82.9 Å². The molecule has 0 atom stereocenters. The van der Waals surface area contributed by atoms with Gasteiger partial charge in [-0.25, -0.2) is 13.6 Å². The smallest absolute Gasteiger partial charge is 0.326 e. The third-order valence-electron chi connectivity index (χ3n) is 4.57. The van der Waals surface area contributed by atoms with E-state index in [1.807, 2.05) is 0 Å². The second kappa shape index (κ2) is 7.76. The van der Waals surface area contributed by atoms with E-state index in [1.54, 1.807) is 36.2 Å². The van der Waals surface area contributed by atoms with Gasteiger partial charge in [-0.2, -0.15) is 4.98 Å². The van der Waals surface area contributed by atoms with Gasteiger partial charge in [-0.05, 0) is 41.3 Å². The van der Waals surface area contributed by atoms with Gasteiger partial charge in [-0.1, -0.05) is 30.2 Å². The Balaban J connectivity index is 1.49. The maximum absolute atomic E-state index is 13.1. The Bertz CT molecular complexity index is 1100. The number of anilines is 1. The molecule has 0 saturated heterocycles. The number of halogens is 2. The highest BCUT2D eigenvalue weighted by Crippen LogP contribution is 2.28. The fourth-order valence-corrected chi connectivity index (χ4v) is 3.06. The lowest BCUT2D eigenvalue weighted by atomic mass is 10.1. The predicted octanol–water partition coefficient (Wildman–Crippen LogP) is 4.12. The van der Waals surface area contributed by atoms with E-state index in [0.29, 0.717) is 24.5 Å². The first-order valence-electron chi connectivity index (χ1n) is 8.99. The topological polar surface area (TPSA) is 49.6 Å². The standard InChI is InChI=1S/C22H17F2N3O2/c1-26-21-19(14-27(22(26)28)13-16-7-11-18(24)12-8-16)29-20(25-21)4-2-3-15-5-9-17(23)10-6-15/h5-12H,3,13-14H2,1H3. The number of amides is 2. The molecule has 146 valence electrons. The number of urea groups is 1. The summed E-state index contributed by atoms with van der Waals surface area (Å²) in [7, 11) is 1.62. The summed E-state index contributed by atoms with van der Waals surface area (Å²) in [5.41, 5.74) is 1.70. The van der Waals surface area contributed by atoms with Crippen LogP contribution >= 0.6 is 0 Å². The molecule has 2 aromatic carbocycles. The fourth-order valence-electron chi connectivity index (χ4n) is 3.06. The lowest BCUT2D eigenvalue weighted by Gasteiger charge is -2.31. The number of fused-ring (bicyclic) bond motifs is 1. The number of nitrogens with zero attached hydrogens (tertiary/aromatic N) is 3. The molecule has 29 heavy (non-hydrogen) atoms. The van der Waals surface area contributed by atoms with Gasteiger partial charge in [0.2, 0.25) is 0 Å². The highest BCUT2D eigenvalue weighted by molar-refractivity contribution is 5.92. The SMILES string of the molecule is CN1C(=O)N(Cc2ccc(F)cc2)Cc2oc(C#CCc3ccc(F)cc3)nc21. The molecule has 0 aliphatic carbocycles. The summed E-state index contributed by atoms with van der Waals surface area (Å²) >= 11 is 0. The van der Waals surface area contributed by atoms with Crippen LogP contribution in [0.15, 0.2) is 52.9 Å². The molecule has 0 fully saturated rings. The first kappa shape index (κ1) is 18.7. The highest BCUT2D eigenvalue weighted by atomic mass is 19.1. The third kappa shape index (κ3) is 4.11. The molecule has 0 bridgehead atoms. The Kier molecular flexibility index (Phi) is 5.00. The zero-order valence-corrected chi connectivity index (χ0v) is 15.7. The molecule has 0 unspecified atom stereocenters. The van der Waals surface area contributed by atoms with Gasteiger partial charge in [0.15, 0.2) is 11.6 Å². The summed E-state index contributed by atoms with van der Waals surface area (Å²) in [6.07, 6.45) is 0.429. The summed E-state index contributed by atoms with van der Waals surface area (Å²) in [5.74, 6) is 6.39. The summed E-state index contributed by atoms with van der Waals surface area (Å²) in [4.78, 5) is 19.9. The van der Waals surface area contributed by atoms with E-state index < -0.39 is 0 Å². The largest absolute Gasteiger partial charge is 0.431 e. The lowest BCUT2D eigenvalue weighted by Crippen LogP contribution is -2.44. The number of carbonyl (C=O) groups is 1. The molecule has 4 rings (SSSR count). The Morgan fingerprint density at radius 2 is 1.66 bits per heavy atom. The van der Waals surface area contributed by atoms with Gasteiger partial charge >= 0.3 is 6.03 Å². The molecular formula is C22H17F2N3O2. The Hall–Kier alpha value is -3.66. The predicted molar refractivity (Wildman–Crippen MR) is 103 cm³/mol. The van der Waals surface area contributed by atoms with Crippen molar-refractivity contribution in [2.75, 3.05) is 11.9 Å². The lowest BCUT2D eigenvalue weighted by molar-refractivity contribution is 0.190. The minimum atomic E-state index is -0.322. The fraction of sp³-hybridized carbons (Fsp3) is 0.182. The molecule has 0 N–H and O–H groups in total. The van der Waals surface area contributed by atoms with Crippen LogP contribution in [-0.4, -0.2) is 23.0 Å². The Morgan fingerprint density at radius 1 is 1.03 bits per heavy atom. The Labute approximate surface area is 166 Å². The molecule has 1 aliphatic rings. The molecule has 0 radical (unpaired) electrons.